The first-order valence-corrected chi connectivity index (χ1v) is 6.87. The number of urea groups is 1. The molecule has 0 aromatic carbocycles. The molecule has 1 fully saturated rings. The number of anilines is 1. The van der Waals surface area contributed by atoms with Crippen LogP contribution in [0.3, 0.4) is 0 Å². The normalized spacial score (nSPS) is 18.4. The van der Waals surface area contributed by atoms with Crippen molar-refractivity contribution in [3.8, 4) is 0 Å². The second kappa shape index (κ2) is 6.88. The fourth-order valence-electron chi connectivity index (χ4n) is 2.28. The molecule has 2 rings (SSSR count). The topological polar surface area (TPSA) is 71.5 Å². The number of ether oxygens (including phenoxy) is 1. The summed E-state index contributed by atoms with van der Waals surface area (Å²) in [6.07, 6.45) is 4.07. The molecule has 1 saturated heterocycles. The third kappa shape index (κ3) is 3.46. The van der Waals surface area contributed by atoms with Crippen molar-refractivity contribution in [3.05, 3.63) is 24.4 Å². The number of nitrogens with zero attached hydrogens (tertiary/aromatic N) is 2. The highest BCUT2D eigenvalue weighted by Gasteiger charge is 2.33. The van der Waals surface area contributed by atoms with E-state index in [9.17, 15) is 9.59 Å². The number of nitrogens with one attached hydrogen (secondary N) is 1. The molecule has 1 aromatic rings. The zero-order valence-electron chi connectivity index (χ0n) is 11.5. The Morgan fingerprint density at radius 3 is 3.00 bits per heavy atom. The minimum atomic E-state index is -0.493. The molecular formula is C14H19N3O3. The lowest BCUT2D eigenvalue weighted by molar-refractivity contribution is -0.149. The number of piperidine rings is 1. The van der Waals surface area contributed by atoms with Crippen LogP contribution in [0.5, 0.6) is 0 Å². The van der Waals surface area contributed by atoms with Crippen LogP contribution in [0.2, 0.25) is 0 Å². The second-order valence-electron chi connectivity index (χ2n) is 4.60. The van der Waals surface area contributed by atoms with Gasteiger partial charge in [0.15, 0.2) is 0 Å². The number of hydrogen-bond acceptors (Lipinski definition) is 4. The van der Waals surface area contributed by atoms with E-state index in [1.54, 1.807) is 31.3 Å². The average Bonchev–Trinajstić information content (AvgIpc) is 2.48. The predicted octanol–water partition coefficient (Wildman–Crippen LogP) is 2.03. The first-order valence-electron chi connectivity index (χ1n) is 6.87. The smallest absolute Gasteiger partial charge is 0.328 e. The Bertz CT molecular complexity index is 464. The molecule has 1 unspecified atom stereocenters. The quantitative estimate of drug-likeness (QED) is 0.858. The number of esters is 1. The van der Waals surface area contributed by atoms with E-state index in [0.29, 0.717) is 25.4 Å². The lowest BCUT2D eigenvalue weighted by Crippen LogP contribution is -2.50. The molecule has 1 N–H and O–H groups in total. The molecular weight excluding hydrogens is 258 g/mol. The monoisotopic (exact) mass is 277 g/mol. The van der Waals surface area contributed by atoms with E-state index in [4.69, 9.17) is 4.74 Å². The number of carbonyl (C=O) groups is 2. The van der Waals surface area contributed by atoms with Crippen molar-refractivity contribution in [2.24, 2.45) is 0 Å². The molecule has 1 aliphatic heterocycles. The molecule has 1 aromatic heterocycles. The molecule has 20 heavy (non-hydrogen) atoms. The van der Waals surface area contributed by atoms with Gasteiger partial charge in [0.1, 0.15) is 11.9 Å². The summed E-state index contributed by atoms with van der Waals surface area (Å²) in [5, 5.41) is 2.71. The largest absolute Gasteiger partial charge is 0.464 e. The Kier molecular flexibility index (Phi) is 4.92. The van der Waals surface area contributed by atoms with Crippen molar-refractivity contribution in [1.29, 1.82) is 0 Å². The van der Waals surface area contributed by atoms with Crippen molar-refractivity contribution < 1.29 is 14.3 Å². The van der Waals surface area contributed by atoms with Gasteiger partial charge in [0.05, 0.1) is 6.61 Å². The highest BCUT2D eigenvalue weighted by Crippen LogP contribution is 2.19. The molecule has 6 heteroatoms. The fraction of sp³-hybridized carbons (Fsp3) is 0.500. The van der Waals surface area contributed by atoms with Gasteiger partial charge in [-0.2, -0.15) is 0 Å². The fourth-order valence-corrected chi connectivity index (χ4v) is 2.28. The van der Waals surface area contributed by atoms with Crippen LogP contribution in [0.1, 0.15) is 26.2 Å². The summed E-state index contributed by atoms with van der Waals surface area (Å²) in [7, 11) is 0. The Labute approximate surface area is 118 Å². The van der Waals surface area contributed by atoms with Crippen LogP contribution in [-0.4, -0.2) is 41.1 Å². The number of aromatic nitrogens is 1. The third-order valence-corrected chi connectivity index (χ3v) is 3.22. The maximum atomic E-state index is 12.3. The SMILES string of the molecule is CCOC(=O)C1CCCCN1C(=O)Nc1ccccn1. The van der Waals surface area contributed by atoms with Gasteiger partial charge < -0.3 is 9.64 Å². The molecule has 0 radical (unpaired) electrons. The number of amides is 2. The highest BCUT2D eigenvalue weighted by atomic mass is 16.5. The van der Waals surface area contributed by atoms with Crippen molar-refractivity contribution >= 4 is 17.8 Å². The van der Waals surface area contributed by atoms with Gasteiger partial charge >= 0.3 is 12.0 Å². The van der Waals surface area contributed by atoms with Crippen molar-refractivity contribution in [2.45, 2.75) is 32.2 Å². The summed E-state index contributed by atoms with van der Waals surface area (Å²) in [5.41, 5.74) is 0. The first kappa shape index (κ1) is 14.3. The van der Waals surface area contributed by atoms with Gasteiger partial charge in [0.2, 0.25) is 0 Å². The molecule has 0 saturated carbocycles. The van der Waals surface area contributed by atoms with E-state index in [1.807, 2.05) is 0 Å². The number of likely N-dealkylation sites (tertiary alicyclic amines) is 1. The lowest BCUT2D eigenvalue weighted by atomic mass is 10.0. The molecule has 108 valence electrons. The molecule has 2 heterocycles. The van der Waals surface area contributed by atoms with E-state index in [-0.39, 0.29) is 12.0 Å². The van der Waals surface area contributed by atoms with E-state index in [2.05, 4.69) is 10.3 Å². The zero-order chi connectivity index (χ0) is 14.4. The number of rotatable bonds is 3. The van der Waals surface area contributed by atoms with Crippen LogP contribution >= 0.6 is 0 Å². The minimum Gasteiger partial charge on any atom is -0.464 e. The number of pyridine rings is 1. The van der Waals surface area contributed by atoms with Crippen LogP contribution < -0.4 is 5.32 Å². The van der Waals surface area contributed by atoms with Crippen LogP contribution in [0.25, 0.3) is 0 Å². The Balaban J connectivity index is 2.03. The molecule has 0 bridgehead atoms. The van der Waals surface area contributed by atoms with Gasteiger partial charge in [-0.3, -0.25) is 5.32 Å². The highest BCUT2D eigenvalue weighted by molar-refractivity contribution is 5.92. The van der Waals surface area contributed by atoms with Gasteiger partial charge in [-0.1, -0.05) is 6.07 Å². The van der Waals surface area contributed by atoms with Gasteiger partial charge in [-0.25, -0.2) is 14.6 Å². The van der Waals surface area contributed by atoms with E-state index < -0.39 is 6.04 Å². The predicted molar refractivity (Wildman–Crippen MR) is 74.2 cm³/mol. The average molecular weight is 277 g/mol. The van der Waals surface area contributed by atoms with Gasteiger partial charge in [0.25, 0.3) is 0 Å². The molecule has 0 aliphatic carbocycles. The maximum Gasteiger partial charge on any atom is 0.328 e. The van der Waals surface area contributed by atoms with Crippen LogP contribution in [0.15, 0.2) is 24.4 Å². The molecule has 1 atom stereocenters. The van der Waals surface area contributed by atoms with Gasteiger partial charge in [-0.15, -0.1) is 0 Å². The van der Waals surface area contributed by atoms with Crippen LogP contribution in [0, 0.1) is 0 Å². The Morgan fingerprint density at radius 2 is 2.30 bits per heavy atom. The van der Waals surface area contributed by atoms with Gasteiger partial charge in [-0.05, 0) is 38.3 Å². The minimum absolute atomic E-state index is 0.304. The second-order valence-corrected chi connectivity index (χ2v) is 4.60. The Morgan fingerprint density at radius 1 is 1.45 bits per heavy atom. The van der Waals surface area contributed by atoms with Crippen molar-refractivity contribution in [3.63, 3.8) is 0 Å². The lowest BCUT2D eigenvalue weighted by Gasteiger charge is -2.33. The third-order valence-electron chi connectivity index (χ3n) is 3.22. The van der Waals surface area contributed by atoms with E-state index in [0.717, 1.165) is 12.8 Å². The summed E-state index contributed by atoms with van der Waals surface area (Å²) in [4.78, 5) is 29.7. The summed E-state index contributed by atoms with van der Waals surface area (Å²) < 4.78 is 5.04. The summed E-state index contributed by atoms with van der Waals surface area (Å²) in [6.45, 7) is 2.65. The van der Waals surface area contributed by atoms with Crippen molar-refractivity contribution in [2.75, 3.05) is 18.5 Å². The van der Waals surface area contributed by atoms with E-state index >= 15 is 0 Å². The van der Waals surface area contributed by atoms with Crippen molar-refractivity contribution in [1.82, 2.24) is 9.88 Å². The van der Waals surface area contributed by atoms with Gasteiger partial charge in [0, 0.05) is 12.7 Å². The van der Waals surface area contributed by atoms with E-state index in [1.165, 1.54) is 4.90 Å². The van der Waals surface area contributed by atoms with Crippen LogP contribution in [-0.2, 0) is 9.53 Å². The first-order chi connectivity index (χ1) is 9.72. The number of carbonyl (C=O) groups excluding carboxylic acids is 2. The summed E-state index contributed by atoms with van der Waals surface area (Å²) in [6, 6.07) is 4.48. The summed E-state index contributed by atoms with van der Waals surface area (Å²) >= 11 is 0. The summed E-state index contributed by atoms with van der Waals surface area (Å²) in [5.74, 6) is 0.147. The number of hydrogen-bond donors (Lipinski definition) is 1. The zero-order valence-corrected chi connectivity index (χ0v) is 11.5. The molecule has 6 nitrogen and oxygen atoms in total. The standard InChI is InChI=1S/C14H19N3O3/c1-2-20-13(18)11-7-4-6-10-17(11)14(19)16-12-8-3-5-9-15-12/h3,5,8-9,11H,2,4,6-7,10H2,1H3,(H,15,16,19). The molecule has 2 amide bonds. The Hall–Kier alpha value is -2.11. The molecule has 1 aliphatic rings. The van der Waals surface area contributed by atoms with Crippen LogP contribution in [0.4, 0.5) is 10.6 Å². The maximum absolute atomic E-state index is 12.3. The molecule has 0 spiro atoms.